The molecule has 1 aromatic rings. The van der Waals surface area contributed by atoms with E-state index in [-0.39, 0.29) is 18.5 Å². The van der Waals surface area contributed by atoms with Crippen LogP contribution in [0.3, 0.4) is 0 Å². The lowest BCUT2D eigenvalue weighted by atomic mass is 10.1. The molecule has 0 spiro atoms. The Bertz CT molecular complexity index is 437. The summed E-state index contributed by atoms with van der Waals surface area (Å²) >= 11 is 0. The highest BCUT2D eigenvalue weighted by molar-refractivity contribution is 5.24. The van der Waals surface area contributed by atoms with Crippen molar-refractivity contribution in [2.45, 2.75) is 18.9 Å². The van der Waals surface area contributed by atoms with Crippen LogP contribution in [0.5, 0.6) is 5.75 Å². The third kappa shape index (κ3) is 5.22. The Morgan fingerprint density at radius 1 is 1.19 bits per heavy atom. The van der Waals surface area contributed by atoms with Crippen molar-refractivity contribution in [1.82, 2.24) is 4.90 Å². The van der Waals surface area contributed by atoms with Gasteiger partial charge >= 0.3 is 0 Å². The zero-order chi connectivity index (χ0) is 15.1. The van der Waals surface area contributed by atoms with Crippen LogP contribution in [-0.4, -0.2) is 55.6 Å². The lowest BCUT2D eigenvalue weighted by Crippen LogP contribution is -2.40. The first-order chi connectivity index (χ1) is 10.2. The summed E-state index contributed by atoms with van der Waals surface area (Å²) in [6, 6.07) is 3.37. The van der Waals surface area contributed by atoms with Crippen molar-refractivity contribution in [1.29, 1.82) is 0 Å². The van der Waals surface area contributed by atoms with Crippen molar-refractivity contribution in [2.24, 2.45) is 0 Å². The van der Waals surface area contributed by atoms with Crippen LogP contribution < -0.4 is 4.74 Å². The molecule has 0 saturated carbocycles. The molecular weight excluding hydrogens is 280 g/mol. The van der Waals surface area contributed by atoms with Gasteiger partial charge in [-0.1, -0.05) is 0 Å². The van der Waals surface area contributed by atoms with Crippen LogP contribution in [0.15, 0.2) is 18.2 Å². The summed E-state index contributed by atoms with van der Waals surface area (Å²) in [5.41, 5.74) is 0. The second kappa shape index (κ2) is 8.26. The summed E-state index contributed by atoms with van der Waals surface area (Å²) in [5, 5.41) is 8.61. The summed E-state index contributed by atoms with van der Waals surface area (Å²) in [7, 11) is 0. The van der Waals surface area contributed by atoms with Gasteiger partial charge in [0.15, 0.2) is 11.6 Å². The van der Waals surface area contributed by atoms with Crippen LogP contribution >= 0.6 is 0 Å². The maximum Gasteiger partial charge on any atom is 0.167 e. The van der Waals surface area contributed by atoms with Crippen molar-refractivity contribution >= 4 is 0 Å². The molecule has 0 atom stereocenters. The number of ether oxygens (including phenoxy) is 2. The highest BCUT2D eigenvalue weighted by Gasteiger charge is 2.21. The van der Waals surface area contributed by atoms with Gasteiger partial charge in [-0.3, -0.25) is 0 Å². The summed E-state index contributed by atoms with van der Waals surface area (Å²) in [6.45, 7) is 3.53. The molecule has 0 radical (unpaired) electrons. The highest BCUT2D eigenvalue weighted by atomic mass is 19.1. The number of hydrogen-bond donors (Lipinski definition) is 1. The van der Waals surface area contributed by atoms with Gasteiger partial charge in [0.2, 0.25) is 0 Å². The number of likely N-dealkylation sites (tertiary alicyclic amines) is 1. The van der Waals surface area contributed by atoms with E-state index in [4.69, 9.17) is 14.6 Å². The average molecular weight is 301 g/mol. The second-order valence-corrected chi connectivity index (χ2v) is 5.07. The standard InChI is InChI=1S/C15H21F2NO3/c16-12-1-2-15(14(17)11-12)21-13-3-5-18(6-4-13)7-9-20-10-8-19/h1-2,11,13,19H,3-10H2. The minimum Gasteiger partial charge on any atom is -0.487 e. The number of benzene rings is 1. The van der Waals surface area contributed by atoms with Crippen LogP contribution in [0.1, 0.15) is 12.8 Å². The topological polar surface area (TPSA) is 41.9 Å². The van der Waals surface area contributed by atoms with E-state index in [9.17, 15) is 8.78 Å². The van der Waals surface area contributed by atoms with Gasteiger partial charge in [-0.25, -0.2) is 8.78 Å². The van der Waals surface area contributed by atoms with Gasteiger partial charge in [0, 0.05) is 25.7 Å². The molecular formula is C15H21F2NO3. The summed E-state index contributed by atoms with van der Waals surface area (Å²) in [4.78, 5) is 2.25. The molecule has 1 fully saturated rings. The molecule has 0 unspecified atom stereocenters. The van der Waals surface area contributed by atoms with E-state index in [1.54, 1.807) is 0 Å². The molecule has 0 aliphatic carbocycles. The van der Waals surface area contributed by atoms with Crippen LogP contribution in [0.25, 0.3) is 0 Å². The van der Waals surface area contributed by atoms with E-state index >= 15 is 0 Å². The van der Waals surface area contributed by atoms with Gasteiger partial charge in [-0.15, -0.1) is 0 Å². The first-order valence-electron chi connectivity index (χ1n) is 7.21. The van der Waals surface area contributed by atoms with Crippen LogP contribution in [-0.2, 0) is 4.74 Å². The third-order valence-corrected chi connectivity index (χ3v) is 3.51. The molecule has 4 nitrogen and oxygen atoms in total. The zero-order valence-electron chi connectivity index (χ0n) is 11.9. The van der Waals surface area contributed by atoms with Gasteiger partial charge in [-0.2, -0.15) is 0 Å². The predicted molar refractivity (Wildman–Crippen MR) is 74.4 cm³/mol. The molecule has 0 amide bonds. The van der Waals surface area contributed by atoms with Crippen LogP contribution in [0.2, 0.25) is 0 Å². The Hall–Kier alpha value is -1.24. The van der Waals surface area contributed by atoms with E-state index < -0.39 is 11.6 Å². The fraction of sp³-hybridized carbons (Fsp3) is 0.600. The van der Waals surface area contributed by atoms with E-state index in [0.29, 0.717) is 13.2 Å². The molecule has 118 valence electrons. The Balaban J connectivity index is 1.71. The van der Waals surface area contributed by atoms with Gasteiger partial charge in [0.05, 0.1) is 19.8 Å². The third-order valence-electron chi connectivity index (χ3n) is 3.51. The fourth-order valence-electron chi connectivity index (χ4n) is 2.36. The SMILES string of the molecule is OCCOCCN1CCC(Oc2ccc(F)cc2F)CC1. The quantitative estimate of drug-likeness (QED) is 0.780. The van der Waals surface area contributed by atoms with Crippen LogP contribution in [0.4, 0.5) is 8.78 Å². The Labute approximate surface area is 123 Å². The molecule has 0 bridgehead atoms. The monoisotopic (exact) mass is 301 g/mol. The fourth-order valence-corrected chi connectivity index (χ4v) is 2.36. The van der Waals surface area contributed by atoms with Gasteiger partial charge in [0.25, 0.3) is 0 Å². The number of aliphatic hydroxyl groups excluding tert-OH is 1. The van der Waals surface area contributed by atoms with E-state index in [1.165, 1.54) is 12.1 Å². The van der Waals surface area contributed by atoms with Gasteiger partial charge < -0.3 is 19.5 Å². The van der Waals surface area contributed by atoms with Crippen molar-refractivity contribution in [3.8, 4) is 5.75 Å². The van der Waals surface area contributed by atoms with Gasteiger partial charge in [-0.05, 0) is 25.0 Å². The largest absolute Gasteiger partial charge is 0.487 e. The minimum atomic E-state index is -0.658. The first-order valence-corrected chi connectivity index (χ1v) is 7.21. The molecule has 1 aliphatic rings. The van der Waals surface area contributed by atoms with E-state index in [0.717, 1.165) is 38.5 Å². The lowest BCUT2D eigenvalue weighted by Gasteiger charge is -2.32. The molecule has 21 heavy (non-hydrogen) atoms. The summed E-state index contributed by atoms with van der Waals surface area (Å²) < 4.78 is 37.2. The zero-order valence-corrected chi connectivity index (χ0v) is 11.9. The first kappa shape index (κ1) is 16.1. The number of halogens is 2. The van der Waals surface area contributed by atoms with Crippen molar-refractivity contribution < 1.29 is 23.4 Å². The predicted octanol–water partition coefficient (Wildman–Crippen LogP) is 1.82. The molecule has 0 aromatic heterocycles. The molecule has 6 heteroatoms. The van der Waals surface area contributed by atoms with E-state index in [1.807, 2.05) is 0 Å². The van der Waals surface area contributed by atoms with Crippen molar-refractivity contribution in [2.75, 3.05) is 39.5 Å². The van der Waals surface area contributed by atoms with Crippen LogP contribution in [0, 0.1) is 11.6 Å². The Morgan fingerprint density at radius 3 is 2.62 bits per heavy atom. The van der Waals surface area contributed by atoms with Crippen molar-refractivity contribution in [3.05, 3.63) is 29.8 Å². The smallest absolute Gasteiger partial charge is 0.167 e. The summed E-state index contributed by atoms with van der Waals surface area (Å²) in [6.07, 6.45) is 1.56. The maximum absolute atomic E-state index is 13.5. The molecule has 2 rings (SSSR count). The van der Waals surface area contributed by atoms with E-state index in [2.05, 4.69) is 4.90 Å². The summed E-state index contributed by atoms with van der Waals surface area (Å²) in [5.74, 6) is -1.14. The van der Waals surface area contributed by atoms with Crippen molar-refractivity contribution in [3.63, 3.8) is 0 Å². The molecule has 1 saturated heterocycles. The molecule has 1 heterocycles. The van der Waals surface area contributed by atoms with Gasteiger partial charge in [0.1, 0.15) is 11.9 Å². The Kier molecular flexibility index (Phi) is 6.35. The molecule has 1 aliphatic heterocycles. The molecule has 1 aromatic carbocycles. The second-order valence-electron chi connectivity index (χ2n) is 5.07. The number of nitrogens with zero attached hydrogens (tertiary/aromatic N) is 1. The number of piperidine rings is 1. The molecule has 1 N–H and O–H groups in total. The Morgan fingerprint density at radius 2 is 1.95 bits per heavy atom. The number of hydrogen-bond acceptors (Lipinski definition) is 4. The highest BCUT2D eigenvalue weighted by Crippen LogP contribution is 2.22. The average Bonchev–Trinajstić information content (AvgIpc) is 2.48. The lowest BCUT2D eigenvalue weighted by molar-refractivity contribution is 0.0510. The maximum atomic E-state index is 13.5. The normalized spacial score (nSPS) is 17.1. The minimum absolute atomic E-state index is 0.0408. The number of rotatable bonds is 7. The number of aliphatic hydroxyl groups is 1.